The average Bonchev–Trinajstić information content (AvgIpc) is 3.56. The summed E-state index contributed by atoms with van der Waals surface area (Å²) in [5.74, 6) is 0.540. The van der Waals surface area contributed by atoms with Gasteiger partial charge in [-0.25, -0.2) is 19.7 Å². The van der Waals surface area contributed by atoms with Crippen LogP contribution in [0.1, 0.15) is 35.8 Å². The van der Waals surface area contributed by atoms with E-state index < -0.39 is 0 Å². The van der Waals surface area contributed by atoms with Gasteiger partial charge in [-0.2, -0.15) is 0 Å². The first-order valence-corrected chi connectivity index (χ1v) is 12.0. The summed E-state index contributed by atoms with van der Waals surface area (Å²) >= 11 is 0. The molecule has 36 heavy (non-hydrogen) atoms. The second kappa shape index (κ2) is 9.07. The third-order valence-electron chi connectivity index (χ3n) is 6.95. The molecule has 3 aromatic heterocycles. The molecule has 0 saturated carbocycles. The third-order valence-corrected chi connectivity index (χ3v) is 6.95. The fourth-order valence-corrected chi connectivity index (χ4v) is 5.11. The molecule has 4 aromatic rings. The molecule has 0 radical (unpaired) electrons. The van der Waals surface area contributed by atoms with E-state index in [1.165, 1.54) is 7.11 Å². The maximum Gasteiger partial charge on any atom is 0.409 e. The molecule has 2 aliphatic rings. The van der Waals surface area contributed by atoms with Gasteiger partial charge in [-0.3, -0.25) is 4.98 Å². The van der Waals surface area contributed by atoms with Crippen LogP contribution in [-0.4, -0.2) is 62.8 Å². The van der Waals surface area contributed by atoms with Crippen molar-refractivity contribution in [3.05, 3.63) is 72.1 Å². The number of piperidine rings is 1. The number of carbonyl (C=O) groups is 1. The van der Waals surface area contributed by atoms with Crippen LogP contribution in [0, 0.1) is 0 Å². The Morgan fingerprint density at radius 1 is 1.08 bits per heavy atom. The summed E-state index contributed by atoms with van der Waals surface area (Å²) in [5.41, 5.74) is 7.64. The minimum Gasteiger partial charge on any atom is -0.481 e. The van der Waals surface area contributed by atoms with Crippen LogP contribution in [0.3, 0.4) is 0 Å². The maximum atomic E-state index is 12.1. The third kappa shape index (κ3) is 3.86. The van der Waals surface area contributed by atoms with E-state index in [-0.39, 0.29) is 12.1 Å². The number of likely N-dealkylation sites (tertiary alicyclic amines) is 1. The number of hydrogen-bond acceptors (Lipinski definition) is 7. The largest absolute Gasteiger partial charge is 0.481 e. The molecule has 1 aromatic carbocycles. The molecule has 1 fully saturated rings. The van der Waals surface area contributed by atoms with Crippen molar-refractivity contribution in [1.29, 1.82) is 0 Å². The number of methoxy groups -OCH3 is 2. The van der Waals surface area contributed by atoms with Crippen molar-refractivity contribution in [3.8, 4) is 17.1 Å². The van der Waals surface area contributed by atoms with Gasteiger partial charge in [-0.15, -0.1) is 0 Å². The first-order chi connectivity index (χ1) is 17.6. The first-order valence-electron chi connectivity index (χ1n) is 12.0. The molecular weight excluding hydrogens is 456 g/mol. The zero-order chi connectivity index (χ0) is 24.6. The molecule has 1 amide bonds. The normalized spacial score (nSPS) is 17.1. The van der Waals surface area contributed by atoms with Crippen molar-refractivity contribution in [1.82, 2.24) is 29.4 Å². The van der Waals surface area contributed by atoms with Crippen molar-refractivity contribution in [2.45, 2.75) is 25.3 Å². The fraction of sp³-hybridized carbons (Fsp3) is 0.296. The highest BCUT2D eigenvalue weighted by Crippen LogP contribution is 2.34. The number of rotatable bonds is 4. The minimum absolute atomic E-state index is 0.149. The van der Waals surface area contributed by atoms with Crippen molar-refractivity contribution >= 4 is 22.7 Å². The van der Waals surface area contributed by atoms with Gasteiger partial charge in [-0.05, 0) is 36.6 Å². The van der Waals surface area contributed by atoms with Gasteiger partial charge in [0.2, 0.25) is 5.88 Å². The number of imidazole rings is 1. The van der Waals surface area contributed by atoms with Crippen molar-refractivity contribution in [3.63, 3.8) is 0 Å². The van der Waals surface area contributed by atoms with E-state index in [1.807, 2.05) is 24.5 Å². The summed E-state index contributed by atoms with van der Waals surface area (Å²) in [6.07, 6.45) is 9.95. The number of benzene rings is 1. The number of pyridine rings is 1. The number of amides is 1. The Balaban J connectivity index is 1.34. The second-order valence-corrected chi connectivity index (χ2v) is 9.03. The van der Waals surface area contributed by atoms with Gasteiger partial charge in [0.25, 0.3) is 0 Å². The highest BCUT2D eigenvalue weighted by molar-refractivity contribution is 5.88. The lowest BCUT2D eigenvalue weighted by molar-refractivity contribution is 0.104. The zero-order valence-corrected chi connectivity index (χ0v) is 20.2. The highest BCUT2D eigenvalue weighted by atomic mass is 16.5. The molecular formula is C27H26N6O3. The second-order valence-electron chi connectivity index (χ2n) is 9.03. The van der Waals surface area contributed by atoms with E-state index in [1.54, 1.807) is 24.4 Å². The van der Waals surface area contributed by atoms with Crippen molar-refractivity contribution in [2.24, 2.45) is 0 Å². The minimum atomic E-state index is -0.279. The summed E-state index contributed by atoms with van der Waals surface area (Å²) in [6.45, 7) is 1.33. The molecule has 9 heteroatoms. The van der Waals surface area contributed by atoms with Gasteiger partial charge in [0.15, 0.2) is 0 Å². The SMILES string of the molecule is COC(=O)N1CCCC(n2cnc3ccc(C4=CCc5ncc(-c6ccnc(OC)c6)nc54)cc32)C1. The van der Waals surface area contributed by atoms with Crippen LogP contribution in [0.25, 0.3) is 27.9 Å². The van der Waals surface area contributed by atoms with Crippen LogP contribution in [-0.2, 0) is 11.2 Å². The number of aromatic nitrogens is 5. The lowest BCUT2D eigenvalue weighted by atomic mass is 10.0. The summed E-state index contributed by atoms with van der Waals surface area (Å²) in [6, 6.07) is 10.2. The summed E-state index contributed by atoms with van der Waals surface area (Å²) in [5, 5.41) is 0. The topological polar surface area (TPSA) is 95.3 Å². The first kappa shape index (κ1) is 22.2. The van der Waals surface area contributed by atoms with E-state index in [0.29, 0.717) is 12.4 Å². The van der Waals surface area contributed by atoms with Gasteiger partial charge < -0.3 is 18.9 Å². The van der Waals surface area contributed by atoms with Gasteiger partial charge in [-0.1, -0.05) is 12.1 Å². The maximum absolute atomic E-state index is 12.1. The van der Waals surface area contributed by atoms with E-state index in [4.69, 9.17) is 19.4 Å². The number of nitrogens with zero attached hydrogens (tertiary/aromatic N) is 6. The Bertz CT molecular complexity index is 1490. The van der Waals surface area contributed by atoms with E-state index in [0.717, 1.165) is 70.6 Å². The predicted octanol–water partition coefficient (Wildman–Crippen LogP) is 4.29. The molecule has 1 saturated heterocycles. The highest BCUT2D eigenvalue weighted by Gasteiger charge is 2.27. The lowest BCUT2D eigenvalue weighted by Crippen LogP contribution is -2.40. The van der Waals surface area contributed by atoms with Crippen LogP contribution < -0.4 is 4.74 Å². The summed E-state index contributed by atoms with van der Waals surface area (Å²) < 4.78 is 12.4. The Labute approximate surface area is 208 Å². The standard InChI is InChI=1S/C27H26N6O3/c1-35-25-13-18(9-10-28-25)23-14-29-22-8-6-20(26(22)31-23)17-5-7-21-24(12-17)33(16-30-21)19-4-3-11-32(15-19)27(34)36-2/h5-7,9-10,12-14,16,19H,3-4,8,11,15H2,1-2H3. The van der Waals surface area contributed by atoms with Crippen molar-refractivity contribution in [2.75, 3.05) is 27.3 Å². The van der Waals surface area contributed by atoms with Gasteiger partial charge in [0, 0.05) is 42.9 Å². The molecule has 0 bridgehead atoms. The molecule has 4 heterocycles. The predicted molar refractivity (Wildman–Crippen MR) is 135 cm³/mol. The summed E-state index contributed by atoms with van der Waals surface area (Å²) in [7, 11) is 3.03. The molecule has 0 spiro atoms. The Morgan fingerprint density at radius 2 is 2.00 bits per heavy atom. The Kier molecular flexibility index (Phi) is 5.59. The molecule has 6 rings (SSSR count). The smallest absolute Gasteiger partial charge is 0.409 e. The van der Waals surface area contributed by atoms with Gasteiger partial charge in [0.05, 0.1) is 60.9 Å². The molecule has 0 N–H and O–H groups in total. The molecule has 182 valence electrons. The number of hydrogen-bond donors (Lipinski definition) is 0. The number of ether oxygens (including phenoxy) is 2. The summed E-state index contributed by atoms with van der Waals surface area (Å²) in [4.78, 5) is 32.4. The van der Waals surface area contributed by atoms with E-state index >= 15 is 0 Å². The lowest BCUT2D eigenvalue weighted by Gasteiger charge is -2.32. The molecule has 9 nitrogen and oxygen atoms in total. The number of fused-ring (bicyclic) bond motifs is 2. The molecule has 1 aliphatic carbocycles. The Hall–Kier alpha value is -4.27. The quantitative estimate of drug-likeness (QED) is 0.428. The van der Waals surface area contributed by atoms with Crippen LogP contribution in [0.15, 0.2) is 55.1 Å². The number of allylic oxidation sites excluding steroid dienone is 1. The van der Waals surface area contributed by atoms with E-state index in [9.17, 15) is 4.79 Å². The number of carbonyl (C=O) groups excluding carboxylic acids is 1. The Morgan fingerprint density at radius 3 is 2.86 bits per heavy atom. The molecule has 1 unspecified atom stereocenters. The van der Waals surface area contributed by atoms with Crippen molar-refractivity contribution < 1.29 is 14.3 Å². The monoisotopic (exact) mass is 482 g/mol. The molecule has 1 atom stereocenters. The van der Waals surface area contributed by atoms with Crippen LogP contribution in [0.2, 0.25) is 0 Å². The molecule has 1 aliphatic heterocycles. The zero-order valence-electron chi connectivity index (χ0n) is 20.2. The van der Waals surface area contributed by atoms with Crippen LogP contribution >= 0.6 is 0 Å². The van der Waals surface area contributed by atoms with Gasteiger partial charge >= 0.3 is 6.09 Å². The van der Waals surface area contributed by atoms with Gasteiger partial charge in [0.1, 0.15) is 0 Å². The van der Waals surface area contributed by atoms with E-state index in [2.05, 4.69) is 32.7 Å². The van der Waals surface area contributed by atoms with Crippen LogP contribution in [0.4, 0.5) is 4.79 Å². The van der Waals surface area contributed by atoms with Crippen LogP contribution in [0.5, 0.6) is 5.88 Å². The fourth-order valence-electron chi connectivity index (χ4n) is 5.11. The average molecular weight is 483 g/mol.